The van der Waals surface area contributed by atoms with Gasteiger partial charge in [-0.1, -0.05) is 18.2 Å². The highest BCUT2D eigenvalue weighted by Gasteiger charge is 2.17. The molecular formula is C16H13NO4. The van der Waals surface area contributed by atoms with Crippen LogP contribution in [0.25, 0.3) is 22.0 Å². The highest BCUT2D eigenvalue weighted by atomic mass is 16.5. The van der Waals surface area contributed by atoms with Crippen molar-refractivity contribution in [3.05, 3.63) is 48.2 Å². The van der Waals surface area contributed by atoms with Crippen molar-refractivity contribution >= 4 is 16.9 Å². The second-order valence-corrected chi connectivity index (χ2v) is 4.63. The Labute approximate surface area is 120 Å². The van der Waals surface area contributed by atoms with E-state index in [0.717, 1.165) is 16.5 Å². The van der Waals surface area contributed by atoms with Crippen LogP contribution in [0.1, 0.15) is 10.4 Å². The Hall–Kier alpha value is -2.95. The summed E-state index contributed by atoms with van der Waals surface area (Å²) in [7, 11) is 1.39. The molecule has 0 aliphatic heterocycles. The molecule has 0 atom stereocenters. The normalized spacial score (nSPS) is 10.7. The molecule has 0 saturated heterocycles. The summed E-state index contributed by atoms with van der Waals surface area (Å²) >= 11 is 0. The Bertz CT molecular complexity index is 835. The van der Waals surface area contributed by atoms with E-state index in [2.05, 4.69) is 4.98 Å². The molecule has 0 saturated carbocycles. The first-order valence-electron chi connectivity index (χ1n) is 6.32. The summed E-state index contributed by atoms with van der Waals surface area (Å²) in [5.74, 6) is -1.02. The quantitative estimate of drug-likeness (QED) is 0.689. The van der Waals surface area contributed by atoms with Crippen molar-refractivity contribution in [3.8, 4) is 22.6 Å². The molecule has 0 aliphatic rings. The number of fused-ring (bicyclic) bond motifs is 1. The van der Waals surface area contributed by atoms with Gasteiger partial charge in [-0.15, -0.1) is 0 Å². The minimum atomic E-state index is -1.07. The maximum Gasteiger partial charge on any atom is 0.335 e. The fourth-order valence-electron chi connectivity index (χ4n) is 2.39. The number of aromatic carboxylic acids is 1. The monoisotopic (exact) mass is 283 g/mol. The lowest BCUT2D eigenvalue weighted by Gasteiger charge is -2.10. The summed E-state index contributed by atoms with van der Waals surface area (Å²) in [5, 5.41) is 20.4. The van der Waals surface area contributed by atoms with Gasteiger partial charge in [0.05, 0.1) is 12.7 Å². The third kappa shape index (κ3) is 2.08. The number of carbonyl (C=O) groups is 1. The molecule has 3 rings (SSSR count). The number of H-pyrrole nitrogens is 1. The zero-order chi connectivity index (χ0) is 15.0. The van der Waals surface area contributed by atoms with Gasteiger partial charge < -0.3 is 19.9 Å². The second-order valence-electron chi connectivity index (χ2n) is 4.63. The Morgan fingerprint density at radius 2 is 1.95 bits per heavy atom. The van der Waals surface area contributed by atoms with E-state index in [0.29, 0.717) is 5.56 Å². The second kappa shape index (κ2) is 4.86. The summed E-state index contributed by atoms with van der Waals surface area (Å²) in [6.45, 7) is 0. The molecule has 5 nitrogen and oxygen atoms in total. The number of carboxylic acids is 1. The third-order valence-corrected chi connectivity index (χ3v) is 3.42. The molecule has 106 valence electrons. The average molecular weight is 283 g/mol. The van der Waals surface area contributed by atoms with Crippen LogP contribution in [0.15, 0.2) is 42.6 Å². The van der Waals surface area contributed by atoms with E-state index in [1.165, 1.54) is 19.2 Å². The SMILES string of the molecule is COc1cc(C(=O)O)cc(-c2c[nH]c3ccccc23)c1O. The van der Waals surface area contributed by atoms with Crippen LogP contribution in [0.2, 0.25) is 0 Å². The van der Waals surface area contributed by atoms with Gasteiger partial charge in [0.15, 0.2) is 11.5 Å². The number of benzene rings is 2. The van der Waals surface area contributed by atoms with Crippen LogP contribution in [0, 0.1) is 0 Å². The molecule has 1 aromatic heterocycles. The smallest absolute Gasteiger partial charge is 0.335 e. The van der Waals surface area contributed by atoms with Crippen molar-refractivity contribution in [1.82, 2.24) is 4.98 Å². The maximum atomic E-state index is 11.2. The number of aromatic nitrogens is 1. The first-order valence-corrected chi connectivity index (χ1v) is 6.32. The van der Waals surface area contributed by atoms with Crippen LogP contribution in [0.3, 0.4) is 0 Å². The van der Waals surface area contributed by atoms with Crippen molar-refractivity contribution in [2.75, 3.05) is 7.11 Å². The van der Waals surface area contributed by atoms with E-state index in [-0.39, 0.29) is 17.1 Å². The average Bonchev–Trinajstić information content (AvgIpc) is 2.91. The number of ether oxygens (including phenoxy) is 1. The van der Waals surface area contributed by atoms with Crippen molar-refractivity contribution in [1.29, 1.82) is 0 Å². The number of para-hydroxylation sites is 1. The van der Waals surface area contributed by atoms with Crippen molar-refractivity contribution in [2.45, 2.75) is 0 Å². The lowest BCUT2D eigenvalue weighted by atomic mass is 10.0. The lowest BCUT2D eigenvalue weighted by Crippen LogP contribution is -1.98. The van der Waals surface area contributed by atoms with Crippen molar-refractivity contribution in [2.24, 2.45) is 0 Å². The van der Waals surface area contributed by atoms with Gasteiger partial charge in [0.25, 0.3) is 0 Å². The fraction of sp³-hybridized carbons (Fsp3) is 0.0625. The van der Waals surface area contributed by atoms with Gasteiger partial charge in [-0.25, -0.2) is 4.79 Å². The number of phenols is 1. The molecule has 5 heteroatoms. The summed E-state index contributed by atoms with van der Waals surface area (Å²) < 4.78 is 5.06. The van der Waals surface area contributed by atoms with Crippen molar-refractivity contribution < 1.29 is 19.7 Å². The number of aromatic amines is 1. The standard InChI is InChI=1S/C16H13NO4/c1-21-14-7-9(16(19)20)6-11(15(14)18)12-8-17-13-5-3-2-4-10(12)13/h2-8,17-18H,1H3,(H,19,20). The minimum absolute atomic E-state index is 0.0601. The van der Waals surface area contributed by atoms with Gasteiger partial charge in [-0.05, 0) is 18.2 Å². The Balaban J connectivity index is 2.31. The first-order chi connectivity index (χ1) is 10.1. The van der Waals surface area contributed by atoms with Crippen LogP contribution in [0.4, 0.5) is 0 Å². The van der Waals surface area contributed by atoms with E-state index in [1.807, 2.05) is 24.3 Å². The lowest BCUT2D eigenvalue weighted by molar-refractivity contribution is 0.0696. The molecule has 0 bridgehead atoms. The minimum Gasteiger partial charge on any atom is -0.504 e. The maximum absolute atomic E-state index is 11.2. The number of methoxy groups -OCH3 is 1. The molecule has 0 radical (unpaired) electrons. The van der Waals surface area contributed by atoms with Gasteiger partial charge in [-0.2, -0.15) is 0 Å². The van der Waals surface area contributed by atoms with E-state index in [4.69, 9.17) is 4.74 Å². The summed E-state index contributed by atoms with van der Waals surface area (Å²) in [5.41, 5.74) is 2.12. The number of phenolic OH excluding ortho intramolecular Hbond substituents is 1. The molecule has 1 heterocycles. The topological polar surface area (TPSA) is 82.5 Å². The van der Waals surface area contributed by atoms with Crippen LogP contribution in [0.5, 0.6) is 11.5 Å². The highest BCUT2D eigenvalue weighted by Crippen LogP contribution is 2.41. The van der Waals surface area contributed by atoms with E-state index < -0.39 is 5.97 Å². The van der Waals surface area contributed by atoms with E-state index >= 15 is 0 Å². The van der Waals surface area contributed by atoms with E-state index in [9.17, 15) is 15.0 Å². The van der Waals surface area contributed by atoms with Crippen LogP contribution < -0.4 is 4.74 Å². The molecule has 0 unspecified atom stereocenters. The first kappa shape index (κ1) is 13.1. The Morgan fingerprint density at radius 1 is 1.19 bits per heavy atom. The molecular weight excluding hydrogens is 270 g/mol. The predicted octanol–water partition coefficient (Wildman–Crippen LogP) is 3.25. The summed E-state index contributed by atoms with van der Waals surface area (Å²) in [4.78, 5) is 14.3. The van der Waals surface area contributed by atoms with Crippen molar-refractivity contribution in [3.63, 3.8) is 0 Å². The largest absolute Gasteiger partial charge is 0.504 e. The molecule has 3 N–H and O–H groups in total. The molecule has 0 spiro atoms. The number of hydrogen-bond acceptors (Lipinski definition) is 3. The number of hydrogen-bond donors (Lipinski definition) is 3. The van der Waals surface area contributed by atoms with Crippen LogP contribution in [-0.4, -0.2) is 28.3 Å². The predicted molar refractivity (Wildman–Crippen MR) is 78.9 cm³/mol. The van der Waals surface area contributed by atoms with Crippen LogP contribution >= 0.6 is 0 Å². The van der Waals surface area contributed by atoms with Gasteiger partial charge in [0, 0.05) is 28.2 Å². The molecule has 2 aromatic carbocycles. The number of carboxylic acid groups (broad SMARTS) is 1. The fourth-order valence-corrected chi connectivity index (χ4v) is 2.39. The molecule has 21 heavy (non-hydrogen) atoms. The zero-order valence-electron chi connectivity index (χ0n) is 11.3. The highest BCUT2D eigenvalue weighted by molar-refractivity contribution is 5.99. The van der Waals surface area contributed by atoms with Gasteiger partial charge >= 0.3 is 5.97 Å². The molecule has 0 fully saturated rings. The van der Waals surface area contributed by atoms with Gasteiger partial charge in [0.2, 0.25) is 0 Å². The number of rotatable bonds is 3. The van der Waals surface area contributed by atoms with Crippen LogP contribution in [-0.2, 0) is 0 Å². The van der Waals surface area contributed by atoms with Gasteiger partial charge in [0.1, 0.15) is 0 Å². The number of aromatic hydroxyl groups is 1. The van der Waals surface area contributed by atoms with Gasteiger partial charge in [-0.3, -0.25) is 0 Å². The molecule has 3 aromatic rings. The number of nitrogens with one attached hydrogen (secondary N) is 1. The third-order valence-electron chi connectivity index (χ3n) is 3.42. The summed E-state index contributed by atoms with van der Waals surface area (Å²) in [6, 6.07) is 10.3. The Kier molecular flexibility index (Phi) is 3.02. The molecule has 0 aliphatic carbocycles. The zero-order valence-corrected chi connectivity index (χ0v) is 11.3. The Morgan fingerprint density at radius 3 is 2.67 bits per heavy atom. The van der Waals surface area contributed by atoms with E-state index in [1.54, 1.807) is 6.20 Å². The molecule has 0 amide bonds. The summed E-state index contributed by atoms with van der Waals surface area (Å²) in [6.07, 6.45) is 1.74.